The summed E-state index contributed by atoms with van der Waals surface area (Å²) in [4.78, 5) is 0. The molecule has 0 N–H and O–H groups in total. The maximum atomic E-state index is 2.50. The minimum Gasteiger partial charge on any atom is -0.0730 e. The zero-order valence-corrected chi connectivity index (χ0v) is 10.6. The topological polar surface area (TPSA) is 0 Å². The quantitative estimate of drug-likeness (QED) is 0.579. The van der Waals surface area contributed by atoms with Gasteiger partial charge in [0.05, 0.1) is 0 Å². The Hall–Kier alpha value is -0.520. The van der Waals surface area contributed by atoms with E-state index in [4.69, 9.17) is 0 Å². The molecule has 0 unspecified atom stereocenters. The van der Waals surface area contributed by atoms with Crippen molar-refractivity contribution in [3.63, 3.8) is 0 Å². The van der Waals surface area contributed by atoms with E-state index in [0.717, 1.165) is 17.8 Å². The summed E-state index contributed by atoms with van der Waals surface area (Å²) < 4.78 is 0. The third kappa shape index (κ3) is 2.04. The molecule has 0 bridgehead atoms. The summed E-state index contributed by atoms with van der Waals surface area (Å²) in [7, 11) is 0. The predicted molar refractivity (Wildman–Crippen MR) is 66.7 cm³/mol. The molecule has 2 aliphatic rings. The summed E-state index contributed by atoms with van der Waals surface area (Å²) >= 11 is 0. The SMILES string of the molecule is CC1=CC2=C(C(C)C)CC[C@H](C)[C@@H]2CC1. The molecule has 0 amide bonds. The minimum absolute atomic E-state index is 0.747. The van der Waals surface area contributed by atoms with Crippen LogP contribution in [0.3, 0.4) is 0 Å². The number of hydrogen-bond donors (Lipinski definition) is 0. The fourth-order valence-electron chi connectivity index (χ4n) is 3.26. The van der Waals surface area contributed by atoms with Gasteiger partial charge >= 0.3 is 0 Å². The van der Waals surface area contributed by atoms with E-state index < -0.39 is 0 Å². The van der Waals surface area contributed by atoms with Crippen LogP contribution in [0.25, 0.3) is 0 Å². The van der Waals surface area contributed by atoms with Gasteiger partial charge < -0.3 is 0 Å². The van der Waals surface area contributed by atoms with E-state index in [9.17, 15) is 0 Å². The molecule has 0 nitrogen and oxygen atoms in total. The van der Waals surface area contributed by atoms with Gasteiger partial charge in [-0.25, -0.2) is 0 Å². The van der Waals surface area contributed by atoms with Crippen LogP contribution in [0.4, 0.5) is 0 Å². The van der Waals surface area contributed by atoms with Crippen LogP contribution >= 0.6 is 0 Å². The molecule has 0 saturated carbocycles. The van der Waals surface area contributed by atoms with Crippen LogP contribution in [0, 0.1) is 17.8 Å². The second kappa shape index (κ2) is 4.15. The van der Waals surface area contributed by atoms with Crippen LogP contribution in [0.15, 0.2) is 22.8 Å². The van der Waals surface area contributed by atoms with Gasteiger partial charge in [0.25, 0.3) is 0 Å². The average Bonchev–Trinajstić information content (AvgIpc) is 2.17. The number of allylic oxidation sites excluding steroid dienone is 4. The molecule has 0 heterocycles. The van der Waals surface area contributed by atoms with Gasteiger partial charge in [-0.1, -0.05) is 38.0 Å². The van der Waals surface area contributed by atoms with Crippen LogP contribution in [0.1, 0.15) is 53.4 Å². The summed E-state index contributed by atoms with van der Waals surface area (Å²) in [6.45, 7) is 9.44. The molecule has 0 aliphatic heterocycles. The monoisotopic (exact) mass is 204 g/mol. The van der Waals surface area contributed by atoms with Crippen LogP contribution in [-0.2, 0) is 0 Å². The first-order valence-electron chi connectivity index (χ1n) is 6.49. The standard InChI is InChI=1S/C15H24/c1-10(2)13-8-6-12(4)14-7-5-11(3)9-15(13)14/h9-10,12,14H,5-8H2,1-4H3/t12-,14-/m0/s1. The fraction of sp³-hybridized carbons (Fsp3) is 0.733. The Bertz CT molecular complexity index is 304. The second-order valence-corrected chi connectivity index (χ2v) is 5.79. The summed E-state index contributed by atoms with van der Waals surface area (Å²) in [5, 5.41) is 0. The maximum absolute atomic E-state index is 2.50. The summed E-state index contributed by atoms with van der Waals surface area (Å²) in [6.07, 6.45) is 7.97. The first kappa shape index (κ1) is 11.0. The van der Waals surface area contributed by atoms with Crippen molar-refractivity contribution in [2.45, 2.75) is 53.4 Å². The van der Waals surface area contributed by atoms with Crippen LogP contribution in [-0.4, -0.2) is 0 Å². The first-order valence-corrected chi connectivity index (χ1v) is 6.49. The second-order valence-electron chi connectivity index (χ2n) is 5.79. The Morgan fingerprint density at radius 3 is 2.60 bits per heavy atom. The molecule has 0 aromatic rings. The molecule has 0 radical (unpaired) electrons. The van der Waals surface area contributed by atoms with Crippen LogP contribution in [0.5, 0.6) is 0 Å². The molecule has 2 aliphatic carbocycles. The average molecular weight is 204 g/mol. The van der Waals surface area contributed by atoms with Gasteiger partial charge in [0, 0.05) is 0 Å². The number of fused-ring (bicyclic) bond motifs is 1. The summed E-state index contributed by atoms with van der Waals surface area (Å²) in [6, 6.07) is 0. The van der Waals surface area contributed by atoms with E-state index in [0.29, 0.717) is 0 Å². The first-order chi connectivity index (χ1) is 7.09. The third-order valence-corrected chi connectivity index (χ3v) is 4.27. The van der Waals surface area contributed by atoms with Gasteiger partial charge in [-0.2, -0.15) is 0 Å². The van der Waals surface area contributed by atoms with Crippen molar-refractivity contribution >= 4 is 0 Å². The van der Waals surface area contributed by atoms with Crippen molar-refractivity contribution in [1.29, 1.82) is 0 Å². The summed E-state index contributed by atoms with van der Waals surface area (Å²) in [5.41, 5.74) is 5.05. The van der Waals surface area contributed by atoms with Crippen LogP contribution < -0.4 is 0 Å². The van der Waals surface area contributed by atoms with E-state index in [-0.39, 0.29) is 0 Å². The predicted octanol–water partition coefficient (Wildman–Crippen LogP) is 4.73. The van der Waals surface area contributed by atoms with Gasteiger partial charge in [-0.15, -0.1) is 0 Å². The third-order valence-electron chi connectivity index (χ3n) is 4.27. The van der Waals surface area contributed by atoms with E-state index in [1.807, 2.05) is 0 Å². The molecule has 0 fully saturated rings. The molecule has 0 spiro atoms. The van der Waals surface area contributed by atoms with E-state index in [2.05, 4.69) is 33.8 Å². The molecule has 0 aromatic heterocycles. The summed E-state index contributed by atoms with van der Waals surface area (Å²) in [5.74, 6) is 2.53. The van der Waals surface area contributed by atoms with Crippen molar-refractivity contribution in [1.82, 2.24) is 0 Å². The van der Waals surface area contributed by atoms with E-state index in [1.54, 1.807) is 16.7 Å². The van der Waals surface area contributed by atoms with E-state index in [1.165, 1.54) is 25.7 Å². The van der Waals surface area contributed by atoms with Crippen molar-refractivity contribution in [3.05, 3.63) is 22.8 Å². The van der Waals surface area contributed by atoms with Crippen LogP contribution in [0.2, 0.25) is 0 Å². The van der Waals surface area contributed by atoms with Crippen molar-refractivity contribution in [3.8, 4) is 0 Å². The van der Waals surface area contributed by atoms with Crippen molar-refractivity contribution < 1.29 is 0 Å². The molecule has 84 valence electrons. The zero-order valence-electron chi connectivity index (χ0n) is 10.6. The Morgan fingerprint density at radius 1 is 1.20 bits per heavy atom. The molecule has 0 saturated heterocycles. The lowest BCUT2D eigenvalue weighted by Crippen LogP contribution is -2.24. The van der Waals surface area contributed by atoms with Crippen molar-refractivity contribution in [2.24, 2.45) is 17.8 Å². The molecule has 0 heteroatoms. The lowest BCUT2D eigenvalue weighted by atomic mass is 9.68. The van der Waals surface area contributed by atoms with Gasteiger partial charge in [0.1, 0.15) is 0 Å². The molecule has 15 heavy (non-hydrogen) atoms. The Balaban J connectivity index is 2.40. The Morgan fingerprint density at radius 2 is 1.93 bits per heavy atom. The lowest BCUT2D eigenvalue weighted by Gasteiger charge is -2.37. The van der Waals surface area contributed by atoms with Gasteiger partial charge in [-0.3, -0.25) is 0 Å². The molecular weight excluding hydrogens is 180 g/mol. The number of rotatable bonds is 1. The molecule has 2 rings (SSSR count). The Kier molecular flexibility index (Phi) is 3.04. The van der Waals surface area contributed by atoms with Gasteiger partial charge in [0.2, 0.25) is 0 Å². The Labute approximate surface area is 94.5 Å². The number of hydrogen-bond acceptors (Lipinski definition) is 0. The highest BCUT2D eigenvalue weighted by molar-refractivity contribution is 5.36. The fourth-order valence-corrected chi connectivity index (χ4v) is 3.26. The van der Waals surface area contributed by atoms with Gasteiger partial charge in [-0.05, 0) is 55.9 Å². The molecular formula is C15H24. The molecule has 2 atom stereocenters. The zero-order chi connectivity index (χ0) is 11.0. The highest BCUT2D eigenvalue weighted by Crippen LogP contribution is 2.43. The van der Waals surface area contributed by atoms with E-state index >= 15 is 0 Å². The largest absolute Gasteiger partial charge is 0.0730 e. The van der Waals surface area contributed by atoms with Crippen molar-refractivity contribution in [2.75, 3.05) is 0 Å². The van der Waals surface area contributed by atoms with Gasteiger partial charge in [0.15, 0.2) is 0 Å². The smallest absolute Gasteiger partial charge is 0.0133 e. The highest BCUT2D eigenvalue weighted by atomic mass is 14.3. The lowest BCUT2D eigenvalue weighted by molar-refractivity contribution is 0.330. The minimum atomic E-state index is 0.747. The maximum Gasteiger partial charge on any atom is -0.0133 e. The normalized spacial score (nSPS) is 31.7. The highest BCUT2D eigenvalue weighted by Gasteiger charge is 2.30. The molecule has 0 aromatic carbocycles.